The summed E-state index contributed by atoms with van der Waals surface area (Å²) in [7, 11) is 1.54. The molecule has 0 radical (unpaired) electrons. The zero-order valence-electron chi connectivity index (χ0n) is 15.1. The summed E-state index contributed by atoms with van der Waals surface area (Å²) in [5, 5.41) is 2.59. The molecule has 0 unspecified atom stereocenters. The molecule has 0 aromatic heterocycles. The number of amides is 1. The van der Waals surface area contributed by atoms with E-state index in [1.165, 1.54) is 18.7 Å². The number of benzene rings is 2. The molecule has 1 heterocycles. The maximum absolute atomic E-state index is 12.4. The van der Waals surface area contributed by atoms with Gasteiger partial charge in [-0.3, -0.25) is 9.59 Å². The molecule has 1 N–H and O–H groups in total. The molecule has 0 saturated carbocycles. The zero-order valence-corrected chi connectivity index (χ0v) is 16.0. The summed E-state index contributed by atoms with van der Waals surface area (Å²) >= 11 is 1.43. The SMILES string of the molecule is COc1ccc(C(=O)[C@@H](C)OC(=O)c2ccc3c(c2)NC(=O)[C@@H](C)S3)cc1. The fourth-order valence-electron chi connectivity index (χ4n) is 2.61. The molecule has 2 aromatic carbocycles. The number of hydrogen-bond acceptors (Lipinski definition) is 6. The summed E-state index contributed by atoms with van der Waals surface area (Å²) < 4.78 is 10.4. The highest BCUT2D eigenvalue weighted by atomic mass is 32.2. The van der Waals surface area contributed by atoms with Crippen molar-refractivity contribution in [3.63, 3.8) is 0 Å². The summed E-state index contributed by atoms with van der Waals surface area (Å²) in [6, 6.07) is 11.6. The molecular weight excluding hydrogens is 366 g/mol. The van der Waals surface area contributed by atoms with E-state index in [9.17, 15) is 14.4 Å². The van der Waals surface area contributed by atoms with E-state index >= 15 is 0 Å². The van der Waals surface area contributed by atoms with Gasteiger partial charge in [0, 0.05) is 10.5 Å². The molecule has 0 aliphatic carbocycles. The van der Waals surface area contributed by atoms with Gasteiger partial charge in [0.1, 0.15) is 5.75 Å². The molecule has 0 bridgehead atoms. The number of methoxy groups -OCH3 is 1. The zero-order chi connectivity index (χ0) is 19.6. The Labute approximate surface area is 161 Å². The third kappa shape index (κ3) is 4.14. The van der Waals surface area contributed by atoms with Gasteiger partial charge in [0.2, 0.25) is 11.7 Å². The van der Waals surface area contributed by atoms with Gasteiger partial charge in [-0.15, -0.1) is 11.8 Å². The van der Waals surface area contributed by atoms with E-state index < -0.39 is 12.1 Å². The smallest absolute Gasteiger partial charge is 0.338 e. The van der Waals surface area contributed by atoms with Crippen LogP contribution in [0.3, 0.4) is 0 Å². The van der Waals surface area contributed by atoms with Crippen LogP contribution < -0.4 is 10.1 Å². The van der Waals surface area contributed by atoms with Gasteiger partial charge in [-0.05, 0) is 56.3 Å². The normalized spacial score (nSPS) is 16.7. The minimum Gasteiger partial charge on any atom is -0.497 e. The predicted octanol–water partition coefficient (Wildman–Crippen LogP) is 3.56. The lowest BCUT2D eigenvalue weighted by atomic mass is 10.1. The third-order valence-corrected chi connectivity index (χ3v) is 5.35. The fraction of sp³-hybridized carbons (Fsp3) is 0.250. The van der Waals surface area contributed by atoms with Crippen molar-refractivity contribution in [3.05, 3.63) is 53.6 Å². The van der Waals surface area contributed by atoms with Crippen LogP contribution in [0.1, 0.15) is 34.6 Å². The number of ether oxygens (including phenoxy) is 2. The number of carbonyl (C=O) groups excluding carboxylic acids is 3. The van der Waals surface area contributed by atoms with Gasteiger partial charge in [0.15, 0.2) is 6.10 Å². The Kier molecular flexibility index (Phi) is 5.51. The van der Waals surface area contributed by atoms with Gasteiger partial charge in [-0.25, -0.2) is 4.79 Å². The van der Waals surface area contributed by atoms with E-state index in [0.717, 1.165) is 4.90 Å². The Hall–Kier alpha value is -2.80. The van der Waals surface area contributed by atoms with Crippen molar-refractivity contribution in [1.29, 1.82) is 0 Å². The van der Waals surface area contributed by atoms with Gasteiger partial charge in [0.05, 0.1) is 23.6 Å². The Morgan fingerprint density at radius 2 is 1.78 bits per heavy atom. The standard InChI is InChI=1S/C20H19NO5S/c1-11(18(22)13-4-7-15(25-3)8-5-13)26-20(24)14-6-9-17-16(10-14)21-19(23)12(2)27-17/h4-12H,1-3H3,(H,21,23)/t11-,12-/m1/s1. The van der Waals surface area contributed by atoms with Crippen LogP contribution in [0.2, 0.25) is 0 Å². The number of carbonyl (C=O) groups is 3. The molecule has 2 aromatic rings. The summed E-state index contributed by atoms with van der Waals surface area (Å²) in [6.07, 6.45) is -0.939. The van der Waals surface area contributed by atoms with Crippen LogP contribution in [0.4, 0.5) is 5.69 Å². The molecule has 27 heavy (non-hydrogen) atoms. The van der Waals surface area contributed by atoms with Crippen molar-refractivity contribution in [3.8, 4) is 5.75 Å². The molecule has 6 nitrogen and oxygen atoms in total. The molecule has 140 valence electrons. The molecule has 3 rings (SSSR count). The average molecular weight is 385 g/mol. The predicted molar refractivity (Wildman–Crippen MR) is 103 cm³/mol. The van der Waals surface area contributed by atoms with Crippen LogP contribution in [0.25, 0.3) is 0 Å². The van der Waals surface area contributed by atoms with E-state index in [2.05, 4.69) is 5.32 Å². The number of anilines is 1. The monoisotopic (exact) mass is 385 g/mol. The number of hydrogen-bond donors (Lipinski definition) is 1. The first-order valence-corrected chi connectivity index (χ1v) is 9.28. The van der Waals surface area contributed by atoms with Crippen molar-refractivity contribution in [1.82, 2.24) is 0 Å². The molecule has 0 saturated heterocycles. The maximum Gasteiger partial charge on any atom is 0.338 e. The van der Waals surface area contributed by atoms with E-state index in [4.69, 9.17) is 9.47 Å². The topological polar surface area (TPSA) is 81.7 Å². The minimum absolute atomic E-state index is 0.110. The van der Waals surface area contributed by atoms with E-state index in [-0.39, 0.29) is 22.5 Å². The third-order valence-electron chi connectivity index (χ3n) is 4.17. The summed E-state index contributed by atoms with van der Waals surface area (Å²) in [6.45, 7) is 3.35. The molecule has 1 aliphatic rings. The van der Waals surface area contributed by atoms with Crippen LogP contribution >= 0.6 is 11.8 Å². The van der Waals surface area contributed by atoms with Crippen molar-refractivity contribution < 1.29 is 23.9 Å². The quantitative estimate of drug-likeness (QED) is 0.626. The van der Waals surface area contributed by atoms with Crippen molar-refractivity contribution >= 4 is 35.1 Å². The molecule has 0 fully saturated rings. The molecule has 1 amide bonds. The summed E-state index contributed by atoms with van der Waals surface area (Å²) in [5.41, 5.74) is 1.28. The van der Waals surface area contributed by atoms with Gasteiger partial charge >= 0.3 is 5.97 Å². The molecule has 1 aliphatic heterocycles. The van der Waals surface area contributed by atoms with E-state index in [1.807, 2.05) is 6.92 Å². The first-order valence-electron chi connectivity index (χ1n) is 8.40. The van der Waals surface area contributed by atoms with Gasteiger partial charge in [-0.1, -0.05) is 0 Å². The Balaban J connectivity index is 1.70. The lowest BCUT2D eigenvalue weighted by molar-refractivity contribution is -0.115. The lowest BCUT2D eigenvalue weighted by Gasteiger charge is -2.21. The Morgan fingerprint density at radius 3 is 2.44 bits per heavy atom. The molecule has 0 spiro atoms. The fourth-order valence-corrected chi connectivity index (χ4v) is 3.54. The van der Waals surface area contributed by atoms with Gasteiger partial charge in [-0.2, -0.15) is 0 Å². The largest absolute Gasteiger partial charge is 0.497 e. The lowest BCUT2D eigenvalue weighted by Crippen LogP contribution is -2.27. The second-order valence-electron chi connectivity index (χ2n) is 6.10. The Bertz CT molecular complexity index is 894. The maximum atomic E-state index is 12.4. The van der Waals surface area contributed by atoms with Crippen LogP contribution in [0.15, 0.2) is 47.4 Å². The van der Waals surface area contributed by atoms with E-state index in [1.54, 1.807) is 49.6 Å². The summed E-state index contributed by atoms with van der Waals surface area (Å²) in [4.78, 5) is 37.5. The molecule has 2 atom stereocenters. The van der Waals surface area contributed by atoms with Crippen molar-refractivity contribution in [2.24, 2.45) is 0 Å². The minimum atomic E-state index is -0.939. The number of thioether (sulfide) groups is 1. The second kappa shape index (κ2) is 7.84. The number of fused-ring (bicyclic) bond motifs is 1. The van der Waals surface area contributed by atoms with Crippen LogP contribution in [0.5, 0.6) is 5.75 Å². The summed E-state index contributed by atoms with van der Waals surface area (Å²) in [5.74, 6) is -0.396. The van der Waals surface area contributed by atoms with Crippen molar-refractivity contribution in [2.45, 2.75) is 30.1 Å². The first kappa shape index (κ1) is 19.0. The molecular formula is C20H19NO5S. The average Bonchev–Trinajstić information content (AvgIpc) is 2.68. The highest BCUT2D eigenvalue weighted by molar-refractivity contribution is 8.00. The van der Waals surface area contributed by atoms with Crippen LogP contribution in [-0.2, 0) is 9.53 Å². The Morgan fingerprint density at radius 1 is 1.11 bits per heavy atom. The number of ketones is 1. The first-order chi connectivity index (χ1) is 12.9. The highest BCUT2D eigenvalue weighted by Crippen LogP contribution is 2.36. The second-order valence-corrected chi connectivity index (χ2v) is 7.48. The van der Waals surface area contributed by atoms with Crippen LogP contribution in [0, 0.1) is 0 Å². The number of nitrogens with one attached hydrogen (secondary N) is 1. The van der Waals surface area contributed by atoms with Gasteiger partial charge < -0.3 is 14.8 Å². The van der Waals surface area contributed by atoms with Crippen LogP contribution in [-0.4, -0.2) is 36.1 Å². The number of esters is 1. The van der Waals surface area contributed by atoms with Gasteiger partial charge in [0.25, 0.3) is 0 Å². The van der Waals surface area contributed by atoms with E-state index in [0.29, 0.717) is 17.0 Å². The number of Topliss-reactive ketones (excluding diaryl/α,β-unsaturated/α-hetero) is 1. The number of rotatable bonds is 5. The van der Waals surface area contributed by atoms with Crippen molar-refractivity contribution in [2.75, 3.05) is 12.4 Å². The molecule has 7 heteroatoms. The highest BCUT2D eigenvalue weighted by Gasteiger charge is 2.25.